The van der Waals surface area contributed by atoms with Gasteiger partial charge in [0.05, 0.1) is 40.5 Å². The fourth-order valence-electron chi connectivity index (χ4n) is 7.34. The third-order valence-electron chi connectivity index (χ3n) is 9.23. The second kappa shape index (κ2) is 9.52. The van der Waals surface area contributed by atoms with Gasteiger partial charge in [-0.1, -0.05) is 35.4 Å². The zero-order chi connectivity index (χ0) is 28.5. The first-order valence-electron chi connectivity index (χ1n) is 13.3. The molecule has 208 valence electrons. The molecule has 2 heterocycles. The van der Waals surface area contributed by atoms with Gasteiger partial charge in [-0.15, -0.1) is 0 Å². The molecule has 4 aliphatic rings. The molecule has 0 bridgehead atoms. The Morgan fingerprint density at radius 1 is 1.05 bits per heavy atom. The molecule has 8 nitrogen and oxygen atoms in total. The lowest BCUT2D eigenvalue weighted by atomic mass is 9.51. The van der Waals surface area contributed by atoms with Crippen LogP contribution in [0.25, 0.3) is 0 Å². The number of carbonyl (C=O) groups excluding carboxylic acids is 4. The van der Waals surface area contributed by atoms with Crippen LogP contribution in [0.2, 0.25) is 5.02 Å². The monoisotopic (exact) mass is 566 g/mol. The topological polar surface area (TPSA) is 104 Å². The van der Waals surface area contributed by atoms with Crippen molar-refractivity contribution < 1.29 is 33.4 Å². The molecule has 1 saturated carbocycles. The van der Waals surface area contributed by atoms with Crippen molar-refractivity contribution in [2.24, 2.45) is 29.1 Å². The van der Waals surface area contributed by atoms with E-state index in [1.165, 1.54) is 24.1 Å². The van der Waals surface area contributed by atoms with E-state index in [4.69, 9.17) is 21.4 Å². The number of allylic oxidation sites excluding steroid dienone is 2. The van der Waals surface area contributed by atoms with Gasteiger partial charge in [0.25, 0.3) is 0 Å². The van der Waals surface area contributed by atoms with Gasteiger partial charge in [-0.25, -0.2) is 9.29 Å². The molecule has 0 aromatic heterocycles. The number of imide groups is 2. The van der Waals surface area contributed by atoms with Crippen LogP contribution in [0, 0.1) is 34.9 Å². The highest BCUT2D eigenvalue weighted by molar-refractivity contribution is 6.31. The lowest BCUT2D eigenvalue weighted by Crippen LogP contribution is -2.48. The number of benzene rings is 2. The summed E-state index contributed by atoms with van der Waals surface area (Å²) in [4.78, 5) is 56.7. The number of likely N-dealkylation sites (tertiary alicyclic amines) is 1. The quantitative estimate of drug-likeness (QED) is 0.437. The highest BCUT2D eigenvalue weighted by atomic mass is 35.5. The number of anilines is 1. The fourth-order valence-corrected chi connectivity index (χ4v) is 7.52. The van der Waals surface area contributed by atoms with Crippen LogP contribution in [0.5, 0.6) is 5.75 Å². The summed E-state index contributed by atoms with van der Waals surface area (Å²) in [5, 5.41) is 8.90. The van der Waals surface area contributed by atoms with Crippen molar-refractivity contribution in [2.75, 3.05) is 25.2 Å². The summed E-state index contributed by atoms with van der Waals surface area (Å²) >= 11 is 6.02. The molecular formula is C30H28ClFN2O6. The van der Waals surface area contributed by atoms with E-state index in [0.29, 0.717) is 12.2 Å². The van der Waals surface area contributed by atoms with Crippen molar-refractivity contribution in [1.82, 2.24) is 4.90 Å². The van der Waals surface area contributed by atoms with Gasteiger partial charge in [-0.05, 0) is 61.6 Å². The molecule has 0 spiro atoms. The van der Waals surface area contributed by atoms with Crippen molar-refractivity contribution in [3.63, 3.8) is 0 Å². The number of hydrogen-bond donors (Lipinski definition) is 1. The molecular weight excluding hydrogens is 539 g/mol. The van der Waals surface area contributed by atoms with Crippen LogP contribution in [0.3, 0.4) is 0 Å². The Morgan fingerprint density at radius 2 is 1.77 bits per heavy atom. The highest BCUT2D eigenvalue weighted by Gasteiger charge is 2.67. The molecule has 6 rings (SSSR count). The number of aliphatic hydroxyl groups excluding tert-OH is 1. The normalized spacial score (nSPS) is 31.2. The van der Waals surface area contributed by atoms with Crippen LogP contribution in [-0.4, -0.2) is 53.9 Å². The van der Waals surface area contributed by atoms with E-state index in [0.717, 1.165) is 22.1 Å². The predicted molar refractivity (Wildman–Crippen MR) is 143 cm³/mol. The molecule has 2 aliphatic carbocycles. The lowest BCUT2D eigenvalue weighted by Gasteiger charge is -2.49. The molecule has 2 aliphatic heterocycles. The Morgan fingerprint density at radius 3 is 2.45 bits per heavy atom. The van der Waals surface area contributed by atoms with E-state index in [9.17, 15) is 23.6 Å². The fraction of sp³-hybridized carbons (Fsp3) is 0.400. The van der Waals surface area contributed by atoms with E-state index in [2.05, 4.69) is 0 Å². The summed E-state index contributed by atoms with van der Waals surface area (Å²) in [7, 11) is 1.49. The standard InChI is InChI=1S/C30H28ClFN2O6/c1-30-21(27(37)34(29(30)39)16-5-10-23(32)22(31)13-16)14-20-18(8-9-19-24(20)28(38)33(2)26(19)36)25(30)15-3-6-17(7-4-15)40-12-11-35/h3-8,10,13,19-21,24-25,35H,9,11-12,14H2,1-2H3. The molecule has 6 unspecified atom stereocenters. The first-order valence-corrected chi connectivity index (χ1v) is 13.7. The van der Waals surface area contributed by atoms with Crippen LogP contribution in [0.4, 0.5) is 10.1 Å². The van der Waals surface area contributed by atoms with Gasteiger partial charge in [0.1, 0.15) is 18.2 Å². The summed E-state index contributed by atoms with van der Waals surface area (Å²) in [6, 6.07) is 10.9. The molecule has 40 heavy (non-hydrogen) atoms. The van der Waals surface area contributed by atoms with Crippen molar-refractivity contribution in [3.8, 4) is 5.75 Å². The molecule has 2 aromatic rings. The van der Waals surface area contributed by atoms with Crippen LogP contribution >= 0.6 is 11.6 Å². The molecule has 6 atom stereocenters. The highest BCUT2D eigenvalue weighted by Crippen LogP contribution is 2.63. The van der Waals surface area contributed by atoms with Crippen LogP contribution in [0.1, 0.15) is 31.2 Å². The summed E-state index contributed by atoms with van der Waals surface area (Å²) in [5.74, 6) is -4.32. The van der Waals surface area contributed by atoms with Crippen LogP contribution < -0.4 is 9.64 Å². The smallest absolute Gasteiger partial charge is 0.241 e. The van der Waals surface area contributed by atoms with Gasteiger partial charge in [0.15, 0.2) is 0 Å². The first-order chi connectivity index (χ1) is 19.1. The molecule has 3 fully saturated rings. The number of nitrogens with zero attached hydrogens (tertiary/aromatic N) is 2. The Hall–Kier alpha value is -3.56. The summed E-state index contributed by atoms with van der Waals surface area (Å²) in [6.07, 6.45) is 2.59. The van der Waals surface area contributed by atoms with Crippen LogP contribution in [0.15, 0.2) is 54.1 Å². The Labute approximate surface area is 235 Å². The van der Waals surface area contributed by atoms with Crippen molar-refractivity contribution in [2.45, 2.75) is 25.7 Å². The number of carbonyl (C=O) groups is 4. The zero-order valence-corrected chi connectivity index (χ0v) is 22.7. The average molecular weight is 567 g/mol. The van der Waals surface area contributed by atoms with Gasteiger partial charge >= 0.3 is 0 Å². The number of hydrogen-bond acceptors (Lipinski definition) is 6. The van der Waals surface area contributed by atoms with Gasteiger partial charge in [0.2, 0.25) is 23.6 Å². The van der Waals surface area contributed by atoms with E-state index < -0.39 is 52.6 Å². The van der Waals surface area contributed by atoms with Gasteiger partial charge in [-0.2, -0.15) is 0 Å². The van der Waals surface area contributed by atoms with Gasteiger partial charge in [-0.3, -0.25) is 24.1 Å². The molecule has 2 aromatic carbocycles. The van der Waals surface area contributed by atoms with Crippen molar-refractivity contribution >= 4 is 40.9 Å². The molecule has 10 heteroatoms. The SMILES string of the molecule is CN1C(=O)C2CC=C3C(CC4C(=O)N(c5ccc(F)c(Cl)c5)C(=O)C4(C)C3c3ccc(OCCO)cc3)C2C1=O. The number of ether oxygens (including phenoxy) is 1. The number of rotatable bonds is 5. The number of fused-ring (bicyclic) bond motifs is 4. The Bertz CT molecular complexity index is 1480. The maximum absolute atomic E-state index is 14.3. The van der Waals surface area contributed by atoms with E-state index in [1.807, 2.05) is 18.2 Å². The summed E-state index contributed by atoms with van der Waals surface area (Å²) < 4.78 is 19.5. The average Bonchev–Trinajstić information content (AvgIpc) is 3.28. The third-order valence-corrected chi connectivity index (χ3v) is 9.52. The Kier molecular flexibility index (Phi) is 6.34. The number of aliphatic hydroxyl groups is 1. The van der Waals surface area contributed by atoms with Crippen LogP contribution in [-0.2, 0) is 19.2 Å². The molecule has 2 saturated heterocycles. The van der Waals surface area contributed by atoms with Crippen molar-refractivity contribution in [3.05, 3.63) is 70.5 Å². The summed E-state index contributed by atoms with van der Waals surface area (Å²) in [6.45, 7) is 1.77. The minimum Gasteiger partial charge on any atom is -0.491 e. The Balaban J connectivity index is 1.49. The summed E-state index contributed by atoms with van der Waals surface area (Å²) in [5.41, 5.74) is 0.618. The maximum Gasteiger partial charge on any atom is 0.241 e. The molecule has 0 radical (unpaired) electrons. The van der Waals surface area contributed by atoms with Gasteiger partial charge in [0, 0.05) is 13.0 Å². The third kappa shape index (κ3) is 3.67. The zero-order valence-electron chi connectivity index (χ0n) is 22.0. The lowest BCUT2D eigenvalue weighted by molar-refractivity contribution is -0.138. The minimum atomic E-state index is -1.21. The molecule has 4 amide bonds. The first kappa shape index (κ1) is 26.7. The number of halogens is 2. The predicted octanol–water partition coefficient (Wildman–Crippen LogP) is 3.71. The largest absolute Gasteiger partial charge is 0.491 e. The van der Waals surface area contributed by atoms with E-state index in [-0.39, 0.29) is 42.2 Å². The second-order valence-electron chi connectivity index (χ2n) is 11.1. The molecule has 1 N–H and O–H groups in total. The van der Waals surface area contributed by atoms with E-state index >= 15 is 0 Å². The second-order valence-corrected chi connectivity index (χ2v) is 11.5. The van der Waals surface area contributed by atoms with E-state index in [1.54, 1.807) is 19.1 Å². The minimum absolute atomic E-state index is 0.130. The van der Waals surface area contributed by atoms with Gasteiger partial charge < -0.3 is 9.84 Å². The maximum atomic E-state index is 14.3. The van der Waals surface area contributed by atoms with Crippen molar-refractivity contribution in [1.29, 1.82) is 0 Å². The number of amides is 4.